The Morgan fingerprint density at radius 3 is 2.68 bits per heavy atom. The van der Waals surface area contributed by atoms with Gasteiger partial charge in [0.05, 0.1) is 5.69 Å². The van der Waals surface area contributed by atoms with E-state index in [1.54, 1.807) is 12.4 Å². The summed E-state index contributed by atoms with van der Waals surface area (Å²) >= 11 is 0. The molecule has 0 radical (unpaired) electrons. The first kappa shape index (κ1) is 12.8. The molecular weight excluding hydrogens is 276 g/mol. The SMILES string of the molecule is Cc1cccc(C)c1-n1ccnc1-c1cnc2ocnc2c1. The third-order valence-corrected chi connectivity index (χ3v) is 3.77. The van der Waals surface area contributed by atoms with Gasteiger partial charge in [0, 0.05) is 24.2 Å². The van der Waals surface area contributed by atoms with Crippen molar-refractivity contribution in [3.05, 3.63) is 60.4 Å². The van der Waals surface area contributed by atoms with Crippen LogP contribution in [-0.4, -0.2) is 19.5 Å². The minimum absolute atomic E-state index is 0.536. The number of pyridine rings is 1. The number of para-hydroxylation sites is 1. The Bertz CT molecular complexity index is 947. The van der Waals surface area contributed by atoms with Gasteiger partial charge in [0.1, 0.15) is 11.3 Å². The molecule has 0 bridgehead atoms. The molecule has 4 rings (SSSR count). The van der Waals surface area contributed by atoms with Crippen molar-refractivity contribution < 1.29 is 4.42 Å². The van der Waals surface area contributed by atoms with Crippen molar-refractivity contribution in [1.29, 1.82) is 0 Å². The van der Waals surface area contributed by atoms with Crippen LogP contribution in [0.3, 0.4) is 0 Å². The van der Waals surface area contributed by atoms with Gasteiger partial charge in [-0.15, -0.1) is 0 Å². The van der Waals surface area contributed by atoms with E-state index in [9.17, 15) is 0 Å². The maximum atomic E-state index is 5.19. The highest BCUT2D eigenvalue weighted by Crippen LogP contribution is 2.26. The van der Waals surface area contributed by atoms with E-state index in [0.717, 1.165) is 22.6 Å². The fraction of sp³-hybridized carbons (Fsp3) is 0.118. The van der Waals surface area contributed by atoms with Crippen LogP contribution in [0.15, 0.2) is 53.7 Å². The molecule has 5 nitrogen and oxygen atoms in total. The van der Waals surface area contributed by atoms with E-state index in [0.29, 0.717) is 5.71 Å². The molecule has 0 aliphatic heterocycles. The van der Waals surface area contributed by atoms with Gasteiger partial charge < -0.3 is 4.42 Å². The summed E-state index contributed by atoms with van der Waals surface area (Å²) in [6.45, 7) is 4.20. The largest absolute Gasteiger partial charge is 0.425 e. The van der Waals surface area contributed by atoms with Crippen LogP contribution in [0, 0.1) is 13.8 Å². The summed E-state index contributed by atoms with van der Waals surface area (Å²) in [5.41, 5.74) is 5.73. The van der Waals surface area contributed by atoms with Crippen LogP contribution >= 0.6 is 0 Å². The van der Waals surface area contributed by atoms with E-state index in [4.69, 9.17) is 4.42 Å². The third-order valence-electron chi connectivity index (χ3n) is 3.77. The molecule has 0 fully saturated rings. The van der Waals surface area contributed by atoms with Crippen molar-refractivity contribution in [3.63, 3.8) is 0 Å². The molecule has 0 aliphatic carbocycles. The molecule has 0 saturated carbocycles. The van der Waals surface area contributed by atoms with E-state index in [1.165, 1.54) is 17.5 Å². The molecule has 1 aromatic carbocycles. The van der Waals surface area contributed by atoms with Crippen molar-refractivity contribution in [3.8, 4) is 17.1 Å². The van der Waals surface area contributed by atoms with E-state index in [-0.39, 0.29) is 0 Å². The number of aryl methyl sites for hydroxylation is 2. The molecule has 0 unspecified atom stereocenters. The van der Waals surface area contributed by atoms with Crippen molar-refractivity contribution in [1.82, 2.24) is 19.5 Å². The summed E-state index contributed by atoms with van der Waals surface area (Å²) in [6, 6.07) is 8.21. The summed E-state index contributed by atoms with van der Waals surface area (Å²) in [6.07, 6.45) is 6.94. The number of oxazole rings is 1. The molecule has 0 saturated heterocycles. The Hall–Kier alpha value is -2.95. The fourth-order valence-corrected chi connectivity index (χ4v) is 2.76. The maximum Gasteiger partial charge on any atom is 0.246 e. The van der Waals surface area contributed by atoms with Gasteiger partial charge >= 0.3 is 0 Å². The van der Waals surface area contributed by atoms with Gasteiger partial charge in [-0.25, -0.2) is 15.0 Å². The van der Waals surface area contributed by atoms with E-state index >= 15 is 0 Å². The van der Waals surface area contributed by atoms with Gasteiger partial charge in [0.25, 0.3) is 0 Å². The van der Waals surface area contributed by atoms with Crippen LogP contribution < -0.4 is 0 Å². The molecule has 0 aliphatic rings. The molecule has 5 heteroatoms. The number of aromatic nitrogens is 4. The summed E-state index contributed by atoms with van der Waals surface area (Å²) in [5, 5.41) is 0. The second-order valence-electron chi connectivity index (χ2n) is 5.26. The second-order valence-corrected chi connectivity index (χ2v) is 5.26. The van der Waals surface area contributed by atoms with E-state index < -0.39 is 0 Å². The van der Waals surface area contributed by atoms with E-state index in [2.05, 4.69) is 51.6 Å². The minimum Gasteiger partial charge on any atom is -0.425 e. The summed E-state index contributed by atoms with van der Waals surface area (Å²) < 4.78 is 7.28. The zero-order chi connectivity index (χ0) is 15.1. The molecule has 0 N–H and O–H groups in total. The number of nitrogens with zero attached hydrogens (tertiary/aromatic N) is 4. The summed E-state index contributed by atoms with van der Waals surface area (Å²) in [4.78, 5) is 13.0. The second kappa shape index (κ2) is 4.80. The maximum absolute atomic E-state index is 5.19. The first-order chi connectivity index (χ1) is 10.7. The topological polar surface area (TPSA) is 56.7 Å². The lowest BCUT2D eigenvalue weighted by Gasteiger charge is -2.13. The zero-order valence-electron chi connectivity index (χ0n) is 12.3. The van der Waals surface area contributed by atoms with Crippen LogP contribution in [0.2, 0.25) is 0 Å². The normalized spacial score (nSPS) is 11.2. The lowest BCUT2D eigenvalue weighted by atomic mass is 10.1. The number of hydrogen-bond donors (Lipinski definition) is 0. The molecule has 3 heterocycles. The van der Waals surface area contributed by atoms with Crippen LogP contribution in [0.1, 0.15) is 11.1 Å². The molecule has 22 heavy (non-hydrogen) atoms. The molecule has 4 aromatic rings. The van der Waals surface area contributed by atoms with Gasteiger partial charge in [0.15, 0.2) is 6.39 Å². The quantitative estimate of drug-likeness (QED) is 0.565. The third kappa shape index (κ3) is 1.90. The molecule has 108 valence electrons. The fourth-order valence-electron chi connectivity index (χ4n) is 2.76. The van der Waals surface area contributed by atoms with Crippen molar-refractivity contribution in [2.75, 3.05) is 0 Å². The van der Waals surface area contributed by atoms with Gasteiger partial charge in [0.2, 0.25) is 5.71 Å². The lowest BCUT2D eigenvalue weighted by molar-refractivity contribution is 0.590. The Kier molecular flexibility index (Phi) is 2.79. The highest BCUT2D eigenvalue weighted by Gasteiger charge is 2.13. The Balaban J connectivity index is 1.93. The van der Waals surface area contributed by atoms with Gasteiger partial charge in [-0.2, -0.15) is 0 Å². The first-order valence-electron chi connectivity index (χ1n) is 7.03. The van der Waals surface area contributed by atoms with Gasteiger partial charge in [-0.1, -0.05) is 18.2 Å². The predicted octanol–water partition coefficient (Wildman–Crippen LogP) is 3.69. The minimum atomic E-state index is 0.536. The molecule has 0 amide bonds. The van der Waals surface area contributed by atoms with Gasteiger partial charge in [-0.05, 0) is 31.0 Å². The summed E-state index contributed by atoms with van der Waals surface area (Å²) in [5.74, 6) is 0.842. The number of fused-ring (bicyclic) bond motifs is 1. The van der Waals surface area contributed by atoms with Gasteiger partial charge in [-0.3, -0.25) is 4.57 Å². The average molecular weight is 290 g/mol. The zero-order valence-corrected chi connectivity index (χ0v) is 12.3. The first-order valence-corrected chi connectivity index (χ1v) is 7.03. The Labute approximate surface area is 127 Å². The van der Waals surface area contributed by atoms with Crippen LogP contribution in [0.25, 0.3) is 28.3 Å². The molecule has 0 spiro atoms. The molecule has 3 aromatic heterocycles. The highest BCUT2D eigenvalue weighted by atomic mass is 16.3. The Morgan fingerprint density at radius 2 is 1.86 bits per heavy atom. The average Bonchev–Trinajstić information content (AvgIpc) is 3.15. The Morgan fingerprint density at radius 1 is 1.05 bits per heavy atom. The van der Waals surface area contributed by atoms with Crippen LogP contribution in [-0.2, 0) is 0 Å². The number of benzene rings is 1. The van der Waals surface area contributed by atoms with Crippen molar-refractivity contribution in [2.45, 2.75) is 13.8 Å². The van der Waals surface area contributed by atoms with Crippen molar-refractivity contribution >= 4 is 11.2 Å². The van der Waals surface area contributed by atoms with Crippen LogP contribution in [0.4, 0.5) is 0 Å². The molecular formula is C17H14N4O. The molecule has 0 atom stereocenters. The summed E-state index contributed by atoms with van der Waals surface area (Å²) in [7, 11) is 0. The van der Waals surface area contributed by atoms with Crippen LogP contribution in [0.5, 0.6) is 0 Å². The number of rotatable bonds is 2. The smallest absolute Gasteiger partial charge is 0.246 e. The highest BCUT2D eigenvalue weighted by molar-refractivity contribution is 5.74. The van der Waals surface area contributed by atoms with Crippen molar-refractivity contribution in [2.24, 2.45) is 0 Å². The standard InChI is InChI=1S/C17H14N4O/c1-11-4-3-5-12(2)15(11)21-7-6-18-16(21)13-8-14-17(19-9-13)22-10-20-14/h3-10H,1-2H3. The monoisotopic (exact) mass is 290 g/mol. The lowest BCUT2D eigenvalue weighted by Crippen LogP contribution is -2.01. The number of hydrogen-bond acceptors (Lipinski definition) is 4. The number of imidazole rings is 1. The predicted molar refractivity (Wildman–Crippen MR) is 83.8 cm³/mol. The van der Waals surface area contributed by atoms with E-state index in [1.807, 2.05) is 12.3 Å².